The molecular formula is C72H144O16. The Morgan fingerprint density at radius 1 is 0.307 bits per heavy atom. The van der Waals surface area contributed by atoms with Gasteiger partial charge in [0.2, 0.25) is 0 Å². The highest BCUT2D eigenvalue weighted by Gasteiger charge is 2.38. The van der Waals surface area contributed by atoms with Gasteiger partial charge in [-0.1, -0.05) is 127 Å². The Bertz CT molecular complexity index is 1910. The highest BCUT2D eigenvalue weighted by Crippen LogP contribution is 2.37. The van der Waals surface area contributed by atoms with Crippen molar-refractivity contribution in [2.75, 3.05) is 26.4 Å². The van der Waals surface area contributed by atoms with Crippen molar-refractivity contribution in [3.8, 4) is 0 Å². The predicted molar refractivity (Wildman–Crippen MR) is 363 cm³/mol. The summed E-state index contributed by atoms with van der Waals surface area (Å²) in [6.07, 6.45) is 25.9. The van der Waals surface area contributed by atoms with E-state index in [4.69, 9.17) is 37.9 Å². The third-order valence-corrected chi connectivity index (χ3v) is 17.5. The molecule has 0 spiro atoms. The van der Waals surface area contributed by atoms with Crippen LogP contribution in [-0.2, 0) is 76.3 Å². The molecule has 0 radical (unpaired) electrons. The van der Waals surface area contributed by atoms with Gasteiger partial charge in [-0.2, -0.15) is 0 Å². The summed E-state index contributed by atoms with van der Waals surface area (Å²) in [6.45, 7) is 30.1. The Hall–Kier alpha value is -4.24. The van der Waals surface area contributed by atoms with Crippen LogP contribution in [0.5, 0.6) is 0 Å². The zero-order valence-electron chi connectivity index (χ0n) is 53.2. The molecule has 0 saturated heterocycles. The molecule has 4 saturated carbocycles. The highest BCUT2D eigenvalue weighted by atomic mass is 16.6. The van der Waals surface area contributed by atoms with E-state index in [0.717, 1.165) is 122 Å². The molecule has 528 valence electrons. The summed E-state index contributed by atoms with van der Waals surface area (Å²) in [7, 11) is 0. The number of ether oxygens (including phenoxy) is 8. The van der Waals surface area contributed by atoms with Crippen molar-refractivity contribution in [3.05, 3.63) is 0 Å². The van der Waals surface area contributed by atoms with E-state index in [0.29, 0.717) is 19.3 Å². The van der Waals surface area contributed by atoms with Gasteiger partial charge in [0.1, 0.15) is 35.6 Å². The quantitative estimate of drug-likeness (QED) is 0.0650. The maximum absolute atomic E-state index is 12.0. The van der Waals surface area contributed by atoms with E-state index >= 15 is 0 Å². The number of hydrogen-bond acceptors (Lipinski definition) is 16. The lowest BCUT2D eigenvalue weighted by Crippen LogP contribution is -2.38. The lowest BCUT2D eigenvalue weighted by atomic mass is 9.83. The van der Waals surface area contributed by atoms with Gasteiger partial charge in [-0.05, 0) is 210 Å². The number of carbonyl (C=O) groups excluding carboxylic acids is 8. The van der Waals surface area contributed by atoms with Crippen LogP contribution in [-0.4, -0.2) is 96.6 Å². The molecule has 0 aliphatic heterocycles. The second-order valence-corrected chi connectivity index (χ2v) is 26.0. The molecule has 0 amide bonds. The first kappa shape index (κ1) is 100.0. The first-order valence-corrected chi connectivity index (χ1v) is 30.8. The largest absolute Gasteiger partial charge is 0.465 e. The third kappa shape index (κ3) is 37.2. The number of rotatable bonds is 24. The minimum absolute atomic E-state index is 0. The smallest absolute Gasteiger partial charge is 0.344 e. The van der Waals surface area contributed by atoms with E-state index in [1.165, 1.54) is 25.7 Å². The Balaban J connectivity index is -0.000000157. The normalized spacial score (nSPS) is 16.7. The SMILES string of the molecule is C.C.C.C.C.C.C.C.CCC(C)(C)C(=O)OCC(=O)OC1(C)CCCCC1.CCC(C)(C)C(=O)OCCC(=O)OC1(C)CCCCC1.CCC1(OC(=O)CCOC(=O)C(C)(C)CC)CCCCC1.CCC1(OC(=O)COC(=O)C(C)(C)CC)CCCCC1. The molecule has 4 aliphatic carbocycles. The molecule has 0 aromatic carbocycles. The molecule has 0 unspecified atom stereocenters. The summed E-state index contributed by atoms with van der Waals surface area (Å²) in [5, 5.41) is 0. The second kappa shape index (κ2) is 47.6. The van der Waals surface area contributed by atoms with Gasteiger partial charge in [-0.25, -0.2) is 9.59 Å². The molecule has 88 heavy (non-hydrogen) atoms. The fourth-order valence-corrected chi connectivity index (χ4v) is 9.51. The van der Waals surface area contributed by atoms with Crippen molar-refractivity contribution in [3.63, 3.8) is 0 Å². The molecule has 4 rings (SSSR count). The summed E-state index contributed by atoms with van der Waals surface area (Å²) in [5.74, 6) is -2.57. The van der Waals surface area contributed by atoms with Gasteiger partial charge in [0, 0.05) is 0 Å². The van der Waals surface area contributed by atoms with Crippen LogP contribution in [0, 0.1) is 21.7 Å². The predicted octanol–water partition coefficient (Wildman–Crippen LogP) is 19.6. The van der Waals surface area contributed by atoms with Crippen LogP contribution < -0.4 is 0 Å². The number of hydrogen-bond donors (Lipinski definition) is 0. The molecular weight excluding hydrogens is 1120 g/mol. The second-order valence-electron chi connectivity index (χ2n) is 26.0. The number of carbonyl (C=O) groups is 8. The molecule has 0 aromatic heterocycles. The van der Waals surface area contributed by atoms with Gasteiger partial charge in [0.05, 0.1) is 34.5 Å². The molecule has 0 atom stereocenters. The average Bonchev–Trinajstić information content (AvgIpc) is 3.42. The van der Waals surface area contributed by atoms with Crippen molar-refractivity contribution in [1.29, 1.82) is 0 Å². The fraction of sp³-hybridized carbons (Fsp3) is 0.889. The summed E-state index contributed by atoms with van der Waals surface area (Å²) >= 11 is 0. The molecule has 0 bridgehead atoms. The van der Waals surface area contributed by atoms with E-state index in [-0.39, 0.29) is 157 Å². The Kier molecular flexibility index (Phi) is 54.1. The van der Waals surface area contributed by atoms with Crippen LogP contribution in [0.4, 0.5) is 0 Å². The highest BCUT2D eigenvalue weighted by molar-refractivity contribution is 5.81. The van der Waals surface area contributed by atoms with E-state index in [1.807, 2.05) is 104 Å². The first-order valence-electron chi connectivity index (χ1n) is 30.8. The minimum Gasteiger partial charge on any atom is -0.465 e. The first-order chi connectivity index (χ1) is 37.3. The van der Waals surface area contributed by atoms with Crippen molar-refractivity contribution < 1.29 is 76.3 Å². The summed E-state index contributed by atoms with van der Waals surface area (Å²) < 4.78 is 42.7. The molecule has 0 aromatic rings. The van der Waals surface area contributed by atoms with E-state index in [1.54, 1.807) is 0 Å². The van der Waals surface area contributed by atoms with Crippen molar-refractivity contribution in [2.45, 2.75) is 372 Å². The van der Waals surface area contributed by atoms with E-state index < -0.39 is 33.6 Å². The van der Waals surface area contributed by atoms with Crippen LogP contribution in [0.3, 0.4) is 0 Å². The summed E-state index contributed by atoms with van der Waals surface area (Å²) in [5.41, 5.74) is -3.37. The van der Waals surface area contributed by atoms with Gasteiger partial charge in [0.25, 0.3) is 0 Å². The standard InChI is InChI=1S/C17H30O4.2C16H28O4.C15H26O4.8CH4/c1-5-16(3,4)15(19)20-13-10-14(18)21-17(6-2)11-8-7-9-12-17;1-5-15(2,3)14(18)19-12-9-13(17)20-16(4)10-7-6-8-11-16;1-5-15(3,4)14(18)19-12-13(17)20-16(6-2)10-8-7-9-11-16;1-5-14(2,3)13(17)18-11-12(16)19-15(4)9-7-6-8-10-15;;;;;;;;/h5-13H2,1-4H3;2*5-12H2,1-4H3;5-11H2,1-4H3;8*1H4. The maximum Gasteiger partial charge on any atom is 0.344 e. The van der Waals surface area contributed by atoms with Gasteiger partial charge in [0.15, 0.2) is 13.2 Å². The van der Waals surface area contributed by atoms with Crippen LogP contribution in [0.25, 0.3) is 0 Å². The number of esters is 8. The van der Waals surface area contributed by atoms with Crippen molar-refractivity contribution in [2.24, 2.45) is 21.7 Å². The zero-order valence-corrected chi connectivity index (χ0v) is 53.2. The Morgan fingerprint density at radius 3 is 0.784 bits per heavy atom. The van der Waals surface area contributed by atoms with Crippen molar-refractivity contribution >= 4 is 47.8 Å². The lowest BCUT2D eigenvalue weighted by molar-refractivity contribution is -0.176. The topological polar surface area (TPSA) is 210 Å². The van der Waals surface area contributed by atoms with Gasteiger partial charge in [-0.15, -0.1) is 0 Å². The molecule has 16 heteroatoms. The van der Waals surface area contributed by atoms with Gasteiger partial charge in [-0.3, -0.25) is 28.8 Å². The molecule has 0 heterocycles. The molecule has 16 nitrogen and oxygen atoms in total. The van der Waals surface area contributed by atoms with E-state index in [2.05, 4.69) is 6.92 Å². The third-order valence-electron chi connectivity index (χ3n) is 17.5. The summed E-state index contributed by atoms with van der Waals surface area (Å²) in [4.78, 5) is 94.5. The van der Waals surface area contributed by atoms with E-state index in [9.17, 15) is 38.4 Å². The van der Waals surface area contributed by atoms with Crippen LogP contribution in [0.15, 0.2) is 0 Å². The molecule has 4 aliphatic rings. The van der Waals surface area contributed by atoms with Crippen molar-refractivity contribution in [1.82, 2.24) is 0 Å². The fourth-order valence-electron chi connectivity index (χ4n) is 9.51. The average molecular weight is 1270 g/mol. The Labute approximate surface area is 542 Å². The zero-order chi connectivity index (χ0) is 60.9. The molecule has 4 fully saturated rings. The maximum atomic E-state index is 12.0. The van der Waals surface area contributed by atoms with Gasteiger partial charge >= 0.3 is 47.8 Å². The van der Waals surface area contributed by atoms with Crippen LogP contribution >= 0.6 is 0 Å². The summed E-state index contributed by atoms with van der Waals surface area (Å²) in [6, 6.07) is 0. The lowest BCUT2D eigenvalue weighted by Gasteiger charge is -2.36. The Morgan fingerprint density at radius 2 is 0.523 bits per heavy atom. The molecule has 0 N–H and O–H groups in total. The van der Waals surface area contributed by atoms with Crippen LogP contribution in [0.2, 0.25) is 0 Å². The van der Waals surface area contributed by atoms with Gasteiger partial charge < -0.3 is 37.9 Å². The van der Waals surface area contributed by atoms with Crippen LogP contribution in [0.1, 0.15) is 350 Å². The monoisotopic (exact) mass is 1270 g/mol. The minimum atomic E-state index is -0.548.